The molecule has 1 aromatic carbocycles. The molecule has 1 atom stereocenters. The Labute approximate surface area is 267 Å². The highest BCUT2D eigenvalue weighted by atomic mass is 19.1. The van der Waals surface area contributed by atoms with E-state index < -0.39 is 5.82 Å². The molecule has 1 spiro atoms. The zero-order chi connectivity index (χ0) is 32.6. The van der Waals surface area contributed by atoms with Crippen LogP contribution in [0, 0.1) is 17.2 Å². The minimum atomic E-state index is -0.503. The first-order valence-electron chi connectivity index (χ1n) is 16.3. The van der Waals surface area contributed by atoms with Crippen molar-refractivity contribution in [1.82, 2.24) is 30.3 Å². The lowest BCUT2D eigenvalue weighted by Crippen LogP contribution is -2.62. The van der Waals surface area contributed by atoms with Crippen molar-refractivity contribution < 1.29 is 23.4 Å². The fraction of sp³-hybridized carbons (Fsp3) is 0.697. The topological polar surface area (TPSA) is 105 Å². The maximum absolute atomic E-state index is 14.3. The number of nitrogens with zero attached hydrogens (tertiary/aromatic N) is 6. The SMILES string of the molecule is CCN(C(=O)c1cc(F)ccc1Oc1nncnc1N1CCC2(C1)CN([C@H](CCCNC(COC)COC)C(C)C)C2)C(C)C. The van der Waals surface area contributed by atoms with Gasteiger partial charge < -0.3 is 29.3 Å². The number of carbonyl (C=O) groups is 1. The van der Waals surface area contributed by atoms with Crippen LogP contribution in [0.2, 0.25) is 0 Å². The molecule has 250 valence electrons. The Bertz CT molecular complexity index is 1240. The van der Waals surface area contributed by atoms with Gasteiger partial charge in [-0.1, -0.05) is 13.8 Å². The van der Waals surface area contributed by atoms with Crippen LogP contribution < -0.4 is 15.0 Å². The number of anilines is 1. The third-order valence-electron chi connectivity index (χ3n) is 9.07. The summed E-state index contributed by atoms with van der Waals surface area (Å²) in [4.78, 5) is 24.4. The molecule has 2 aliphatic rings. The molecule has 45 heavy (non-hydrogen) atoms. The van der Waals surface area contributed by atoms with E-state index in [0.29, 0.717) is 37.5 Å². The molecule has 0 saturated carbocycles. The van der Waals surface area contributed by atoms with Gasteiger partial charge in [-0.15, -0.1) is 10.2 Å². The third-order valence-corrected chi connectivity index (χ3v) is 9.07. The molecular formula is C33H52FN7O4. The van der Waals surface area contributed by atoms with Gasteiger partial charge in [0.15, 0.2) is 5.82 Å². The number of amides is 1. The molecule has 4 rings (SSSR count). The van der Waals surface area contributed by atoms with Crippen molar-refractivity contribution in [3.63, 3.8) is 0 Å². The summed E-state index contributed by atoms with van der Waals surface area (Å²) >= 11 is 0. The number of hydrogen-bond donors (Lipinski definition) is 1. The Hall–Kier alpha value is -2.93. The van der Waals surface area contributed by atoms with E-state index in [0.717, 1.165) is 52.0 Å². The first-order chi connectivity index (χ1) is 21.6. The summed E-state index contributed by atoms with van der Waals surface area (Å²) in [7, 11) is 3.44. The normalized spacial score (nSPS) is 17.0. The van der Waals surface area contributed by atoms with E-state index >= 15 is 0 Å². The van der Waals surface area contributed by atoms with E-state index in [9.17, 15) is 9.18 Å². The highest BCUT2D eigenvalue weighted by Gasteiger charge is 2.50. The number of benzene rings is 1. The van der Waals surface area contributed by atoms with Crippen LogP contribution in [-0.2, 0) is 9.47 Å². The standard InChI is InChI=1S/C33H52FN7O4/c1-8-41(24(4)5)32(42)27-16-25(34)11-12-29(27)45-31-30(36-22-37-38-31)39-15-13-33(19-39)20-40(21-33)28(23(2)3)10-9-14-35-26(17-43-6)18-44-7/h11-12,16,22-24,26,28,35H,8-10,13-15,17-21H2,1-7H3/t28-/m1/s1. The molecule has 0 bridgehead atoms. The number of halogens is 1. The second kappa shape index (κ2) is 16.1. The smallest absolute Gasteiger partial charge is 0.282 e. The first-order valence-corrected chi connectivity index (χ1v) is 16.3. The average molecular weight is 630 g/mol. The highest BCUT2D eigenvalue weighted by molar-refractivity contribution is 5.97. The predicted octanol–water partition coefficient (Wildman–Crippen LogP) is 4.24. The van der Waals surface area contributed by atoms with E-state index in [1.807, 2.05) is 20.8 Å². The molecular weight excluding hydrogens is 577 g/mol. The van der Waals surface area contributed by atoms with E-state index in [1.165, 1.54) is 24.5 Å². The van der Waals surface area contributed by atoms with Crippen LogP contribution in [0.25, 0.3) is 0 Å². The van der Waals surface area contributed by atoms with Crippen molar-refractivity contribution >= 4 is 11.7 Å². The molecule has 1 amide bonds. The summed E-state index contributed by atoms with van der Waals surface area (Å²) in [6.07, 6.45) is 4.70. The Morgan fingerprint density at radius 1 is 1.13 bits per heavy atom. The predicted molar refractivity (Wildman–Crippen MR) is 172 cm³/mol. The van der Waals surface area contributed by atoms with Crippen LogP contribution in [0.1, 0.15) is 64.2 Å². The van der Waals surface area contributed by atoms with Crippen LogP contribution in [-0.4, -0.2) is 116 Å². The second-order valence-corrected chi connectivity index (χ2v) is 13.1. The van der Waals surface area contributed by atoms with Gasteiger partial charge in [-0.2, -0.15) is 0 Å². The summed E-state index contributed by atoms with van der Waals surface area (Å²) in [6.45, 7) is 16.9. The second-order valence-electron chi connectivity index (χ2n) is 13.1. The van der Waals surface area contributed by atoms with Crippen molar-refractivity contribution in [3.8, 4) is 11.6 Å². The van der Waals surface area contributed by atoms with E-state index in [1.54, 1.807) is 19.1 Å². The molecule has 0 unspecified atom stereocenters. The number of aromatic nitrogens is 3. The minimum Gasteiger partial charge on any atom is -0.434 e. The number of rotatable bonds is 17. The van der Waals surface area contributed by atoms with Crippen molar-refractivity contribution in [2.24, 2.45) is 11.3 Å². The molecule has 2 fully saturated rings. The van der Waals surface area contributed by atoms with Crippen LogP contribution >= 0.6 is 0 Å². The Balaban J connectivity index is 1.39. The molecule has 0 aliphatic carbocycles. The number of hydrogen-bond acceptors (Lipinski definition) is 10. The molecule has 3 heterocycles. The molecule has 0 radical (unpaired) electrons. The van der Waals surface area contributed by atoms with Gasteiger partial charge in [0.25, 0.3) is 11.8 Å². The zero-order valence-electron chi connectivity index (χ0n) is 28.1. The summed E-state index contributed by atoms with van der Waals surface area (Å²) in [5.74, 6) is 0.801. The van der Waals surface area contributed by atoms with Gasteiger partial charge in [0.1, 0.15) is 17.9 Å². The van der Waals surface area contributed by atoms with Crippen molar-refractivity contribution in [1.29, 1.82) is 0 Å². The van der Waals surface area contributed by atoms with Crippen LogP contribution in [0.5, 0.6) is 11.6 Å². The third kappa shape index (κ3) is 8.66. The largest absolute Gasteiger partial charge is 0.434 e. The Kier molecular flexibility index (Phi) is 12.5. The molecule has 2 aromatic rings. The first kappa shape index (κ1) is 34.9. The van der Waals surface area contributed by atoms with E-state index in [-0.39, 0.29) is 40.6 Å². The van der Waals surface area contributed by atoms with Gasteiger partial charge >= 0.3 is 0 Å². The monoisotopic (exact) mass is 629 g/mol. The van der Waals surface area contributed by atoms with Crippen LogP contribution in [0.15, 0.2) is 24.5 Å². The highest BCUT2D eigenvalue weighted by Crippen LogP contribution is 2.44. The van der Waals surface area contributed by atoms with Crippen LogP contribution in [0.3, 0.4) is 0 Å². The molecule has 1 aromatic heterocycles. The summed E-state index contributed by atoms with van der Waals surface area (Å²) in [5, 5.41) is 11.8. The molecule has 2 saturated heterocycles. The molecule has 2 aliphatic heterocycles. The lowest BCUT2D eigenvalue weighted by atomic mass is 9.76. The van der Waals surface area contributed by atoms with Gasteiger partial charge in [-0.25, -0.2) is 9.37 Å². The van der Waals surface area contributed by atoms with Gasteiger partial charge in [0, 0.05) is 64.4 Å². The number of nitrogens with one attached hydrogen (secondary N) is 1. The van der Waals surface area contributed by atoms with E-state index in [2.05, 4.69) is 44.1 Å². The lowest BCUT2D eigenvalue weighted by molar-refractivity contribution is -0.0340. The fourth-order valence-corrected chi connectivity index (χ4v) is 6.85. The van der Waals surface area contributed by atoms with E-state index in [4.69, 9.17) is 14.2 Å². The van der Waals surface area contributed by atoms with Crippen molar-refractivity contribution in [2.75, 3.05) is 71.6 Å². The number of carbonyl (C=O) groups excluding carboxylic acids is 1. The average Bonchev–Trinajstić information content (AvgIpc) is 3.43. The maximum Gasteiger partial charge on any atom is 0.282 e. The number of methoxy groups -OCH3 is 2. The van der Waals surface area contributed by atoms with Gasteiger partial charge in [-0.3, -0.25) is 9.69 Å². The van der Waals surface area contributed by atoms with Crippen molar-refractivity contribution in [2.45, 2.75) is 72.0 Å². The summed E-state index contributed by atoms with van der Waals surface area (Å²) in [6, 6.07) is 4.67. The molecule has 1 N–H and O–H groups in total. The fourth-order valence-electron chi connectivity index (χ4n) is 6.85. The van der Waals surface area contributed by atoms with Gasteiger partial charge in [0.2, 0.25) is 0 Å². The molecule has 11 nitrogen and oxygen atoms in total. The quantitative estimate of drug-likeness (QED) is 0.256. The lowest BCUT2D eigenvalue weighted by Gasteiger charge is -2.53. The molecule has 12 heteroatoms. The minimum absolute atomic E-state index is 0.0451. The number of likely N-dealkylation sites (tertiary alicyclic amines) is 1. The van der Waals surface area contributed by atoms with Crippen LogP contribution in [0.4, 0.5) is 10.2 Å². The summed E-state index contributed by atoms with van der Waals surface area (Å²) in [5.41, 5.74) is 0.337. The summed E-state index contributed by atoms with van der Waals surface area (Å²) < 4.78 is 31.1. The maximum atomic E-state index is 14.3. The number of ether oxygens (including phenoxy) is 3. The van der Waals surface area contributed by atoms with Gasteiger partial charge in [0.05, 0.1) is 24.8 Å². The Morgan fingerprint density at radius 2 is 1.87 bits per heavy atom. The zero-order valence-corrected chi connectivity index (χ0v) is 28.1. The van der Waals surface area contributed by atoms with Gasteiger partial charge in [-0.05, 0) is 70.7 Å². The van der Waals surface area contributed by atoms with Crippen molar-refractivity contribution in [3.05, 3.63) is 35.9 Å². The Morgan fingerprint density at radius 3 is 2.51 bits per heavy atom.